The second-order valence-corrected chi connectivity index (χ2v) is 5.25. The quantitative estimate of drug-likeness (QED) is 0.804. The normalized spacial score (nSPS) is 12.6. The second-order valence-electron chi connectivity index (χ2n) is 5.25. The van der Waals surface area contributed by atoms with Gasteiger partial charge in [0.05, 0.1) is 24.0 Å². The molecule has 0 saturated carbocycles. The Morgan fingerprint density at radius 1 is 1.50 bits per heavy atom. The highest BCUT2D eigenvalue weighted by Crippen LogP contribution is 2.35. The number of aryl methyl sites for hydroxylation is 1. The van der Waals surface area contributed by atoms with Crippen molar-refractivity contribution >= 4 is 23.3 Å². The van der Waals surface area contributed by atoms with E-state index in [2.05, 4.69) is 5.32 Å². The summed E-state index contributed by atoms with van der Waals surface area (Å²) in [6.07, 6.45) is 1.45. The molecule has 0 atom stereocenters. The SMILES string of the molecule is COC(=O)c1c(N)c(C#N)cn1-c1cc(C)c2c(c1)NC(=O)CO2. The number of methoxy groups -OCH3 is 1. The maximum Gasteiger partial charge on any atom is 0.357 e. The molecule has 0 bridgehead atoms. The van der Waals surface area contributed by atoms with Gasteiger partial charge in [0.1, 0.15) is 11.8 Å². The minimum atomic E-state index is -0.662. The van der Waals surface area contributed by atoms with Gasteiger partial charge in [-0.05, 0) is 24.6 Å². The van der Waals surface area contributed by atoms with Crippen LogP contribution < -0.4 is 15.8 Å². The van der Waals surface area contributed by atoms with Crippen molar-refractivity contribution in [2.24, 2.45) is 0 Å². The molecule has 0 unspecified atom stereocenters. The number of carbonyl (C=O) groups excluding carboxylic acids is 2. The number of rotatable bonds is 2. The van der Waals surface area contributed by atoms with Crippen molar-refractivity contribution in [3.8, 4) is 17.5 Å². The number of benzene rings is 1. The van der Waals surface area contributed by atoms with Crippen LogP contribution in [0.3, 0.4) is 0 Å². The molecule has 3 rings (SSSR count). The predicted octanol–water partition coefficient (Wildman–Crippen LogP) is 1.36. The van der Waals surface area contributed by atoms with Crippen molar-refractivity contribution in [2.45, 2.75) is 6.92 Å². The zero-order valence-corrected chi connectivity index (χ0v) is 13.0. The van der Waals surface area contributed by atoms with Crippen LogP contribution in [-0.2, 0) is 9.53 Å². The summed E-state index contributed by atoms with van der Waals surface area (Å²) in [5.74, 6) is -0.361. The average Bonchev–Trinajstić information content (AvgIpc) is 2.90. The summed E-state index contributed by atoms with van der Waals surface area (Å²) in [7, 11) is 1.23. The topological polar surface area (TPSA) is 119 Å². The molecule has 0 spiro atoms. The smallest absolute Gasteiger partial charge is 0.357 e. The van der Waals surface area contributed by atoms with Gasteiger partial charge in [-0.25, -0.2) is 4.79 Å². The molecule has 1 amide bonds. The first-order valence-electron chi connectivity index (χ1n) is 7.03. The Labute approximate surface area is 137 Å². The fraction of sp³-hybridized carbons (Fsp3) is 0.188. The van der Waals surface area contributed by atoms with Crippen molar-refractivity contribution in [1.29, 1.82) is 5.26 Å². The number of esters is 1. The van der Waals surface area contributed by atoms with Gasteiger partial charge in [-0.2, -0.15) is 5.26 Å². The molecule has 1 aromatic carbocycles. The van der Waals surface area contributed by atoms with Crippen LogP contribution in [0.15, 0.2) is 18.3 Å². The van der Waals surface area contributed by atoms with Crippen LogP contribution in [0.5, 0.6) is 5.75 Å². The van der Waals surface area contributed by atoms with E-state index in [0.717, 1.165) is 5.56 Å². The zero-order valence-electron chi connectivity index (χ0n) is 13.0. The third-order valence-corrected chi connectivity index (χ3v) is 3.70. The number of carbonyl (C=O) groups is 2. The Kier molecular flexibility index (Phi) is 3.62. The summed E-state index contributed by atoms with van der Waals surface area (Å²) in [6, 6.07) is 5.35. The van der Waals surface area contributed by atoms with E-state index >= 15 is 0 Å². The number of anilines is 2. The maximum atomic E-state index is 12.1. The van der Waals surface area contributed by atoms with Gasteiger partial charge >= 0.3 is 5.97 Å². The van der Waals surface area contributed by atoms with Crippen LogP contribution >= 0.6 is 0 Å². The van der Waals surface area contributed by atoms with Crippen molar-refractivity contribution in [1.82, 2.24) is 4.57 Å². The van der Waals surface area contributed by atoms with E-state index in [0.29, 0.717) is 17.1 Å². The van der Waals surface area contributed by atoms with Gasteiger partial charge in [0.2, 0.25) is 0 Å². The van der Waals surface area contributed by atoms with Crippen LogP contribution in [0, 0.1) is 18.3 Å². The lowest BCUT2D eigenvalue weighted by Crippen LogP contribution is -2.26. The van der Waals surface area contributed by atoms with Crippen LogP contribution in [0.25, 0.3) is 5.69 Å². The number of hydrogen-bond acceptors (Lipinski definition) is 6. The number of ether oxygens (including phenoxy) is 2. The summed E-state index contributed by atoms with van der Waals surface area (Å²) in [5, 5.41) is 11.9. The Morgan fingerprint density at radius 3 is 2.92 bits per heavy atom. The fourth-order valence-corrected chi connectivity index (χ4v) is 2.62. The first kappa shape index (κ1) is 15.4. The monoisotopic (exact) mass is 326 g/mol. The van der Waals surface area contributed by atoms with Gasteiger partial charge in [0, 0.05) is 11.9 Å². The van der Waals surface area contributed by atoms with Gasteiger partial charge < -0.3 is 25.1 Å². The molecule has 0 radical (unpaired) electrons. The number of nitriles is 1. The second kappa shape index (κ2) is 5.62. The van der Waals surface area contributed by atoms with Gasteiger partial charge in [0.15, 0.2) is 12.3 Å². The molecule has 1 aliphatic rings. The summed E-state index contributed by atoms with van der Waals surface area (Å²) in [6.45, 7) is 1.77. The first-order valence-corrected chi connectivity index (χ1v) is 7.03. The molecule has 3 N–H and O–H groups in total. The molecule has 1 aliphatic heterocycles. The molecule has 0 fully saturated rings. The highest BCUT2D eigenvalue weighted by atomic mass is 16.5. The molecular weight excluding hydrogens is 312 g/mol. The van der Waals surface area contributed by atoms with Crippen molar-refractivity contribution in [2.75, 3.05) is 24.8 Å². The van der Waals surface area contributed by atoms with E-state index in [1.165, 1.54) is 17.9 Å². The molecule has 1 aromatic heterocycles. The minimum absolute atomic E-state index is 0.0417. The summed E-state index contributed by atoms with van der Waals surface area (Å²) < 4.78 is 11.6. The molecule has 122 valence electrons. The number of hydrogen-bond donors (Lipinski definition) is 2. The molecule has 24 heavy (non-hydrogen) atoms. The molecular formula is C16H14N4O4. The Bertz CT molecular complexity index is 908. The van der Waals surface area contributed by atoms with E-state index in [9.17, 15) is 9.59 Å². The summed E-state index contributed by atoms with van der Waals surface area (Å²) >= 11 is 0. The van der Waals surface area contributed by atoms with E-state index in [-0.39, 0.29) is 29.5 Å². The molecule has 2 aromatic rings. The zero-order chi connectivity index (χ0) is 17.4. The molecule has 2 heterocycles. The van der Waals surface area contributed by atoms with E-state index in [1.807, 2.05) is 13.0 Å². The third-order valence-electron chi connectivity index (χ3n) is 3.70. The number of nitrogens with zero attached hydrogens (tertiary/aromatic N) is 2. The number of nitrogens with two attached hydrogens (primary N) is 1. The van der Waals surface area contributed by atoms with Crippen LogP contribution in [0.4, 0.5) is 11.4 Å². The van der Waals surface area contributed by atoms with Gasteiger partial charge in [-0.15, -0.1) is 0 Å². The predicted molar refractivity (Wildman–Crippen MR) is 85.1 cm³/mol. The molecule has 8 heteroatoms. The number of nitrogens with one attached hydrogen (secondary N) is 1. The number of fused-ring (bicyclic) bond motifs is 1. The lowest BCUT2D eigenvalue weighted by molar-refractivity contribution is -0.118. The van der Waals surface area contributed by atoms with Crippen LogP contribution in [0.2, 0.25) is 0 Å². The van der Waals surface area contributed by atoms with Crippen molar-refractivity contribution < 1.29 is 19.1 Å². The molecule has 8 nitrogen and oxygen atoms in total. The lowest BCUT2D eigenvalue weighted by Gasteiger charge is -2.21. The number of nitrogen functional groups attached to an aromatic ring is 1. The number of aromatic nitrogens is 1. The molecule has 0 saturated heterocycles. The van der Waals surface area contributed by atoms with Gasteiger partial charge in [-0.3, -0.25) is 4.79 Å². The van der Waals surface area contributed by atoms with Gasteiger partial charge in [-0.1, -0.05) is 0 Å². The van der Waals surface area contributed by atoms with E-state index in [1.54, 1.807) is 12.1 Å². The Balaban J connectivity index is 2.22. The highest BCUT2D eigenvalue weighted by Gasteiger charge is 2.24. The molecule has 0 aliphatic carbocycles. The van der Waals surface area contributed by atoms with Crippen LogP contribution in [-0.4, -0.2) is 30.2 Å². The average molecular weight is 326 g/mol. The number of amides is 1. The fourth-order valence-electron chi connectivity index (χ4n) is 2.62. The summed E-state index contributed by atoms with van der Waals surface area (Å²) in [4.78, 5) is 23.6. The third kappa shape index (κ3) is 2.32. The van der Waals surface area contributed by atoms with Crippen molar-refractivity contribution in [3.05, 3.63) is 35.2 Å². The maximum absolute atomic E-state index is 12.1. The first-order chi connectivity index (χ1) is 11.5. The van der Waals surface area contributed by atoms with Crippen molar-refractivity contribution in [3.63, 3.8) is 0 Å². The Morgan fingerprint density at radius 2 is 2.25 bits per heavy atom. The largest absolute Gasteiger partial charge is 0.481 e. The summed E-state index contributed by atoms with van der Waals surface area (Å²) in [5.41, 5.74) is 7.94. The minimum Gasteiger partial charge on any atom is -0.481 e. The van der Waals surface area contributed by atoms with E-state index < -0.39 is 5.97 Å². The van der Waals surface area contributed by atoms with Crippen LogP contribution in [0.1, 0.15) is 21.6 Å². The standard InChI is InChI=1S/C16H14N4O4/c1-8-3-10(4-11-15(8)24-7-12(21)19-11)20-6-9(5-17)13(18)14(20)16(22)23-2/h3-4,6H,7,18H2,1-2H3,(H,19,21). The van der Waals surface area contributed by atoms with Gasteiger partial charge in [0.25, 0.3) is 5.91 Å². The Hall–Kier alpha value is -3.47. The van der Waals surface area contributed by atoms with E-state index in [4.69, 9.17) is 20.5 Å². The lowest BCUT2D eigenvalue weighted by atomic mass is 10.1. The highest BCUT2D eigenvalue weighted by molar-refractivity contribution is 5.97.